The van der Waals surface area contributed by atoms with Gasteiger partial charge >= 0.3 is 0 Å². The van der Waals surface area contributed by atoms with Crippen LogP contribution in [0, 0.1) is 0 Å². The third-order valence-electron chi connectivity index (χ3n) is 3.43. The number of rotatable bonds is 3. The zero-order chi connectivity index (χ0) is 12.4. The van der Waals surface area contributed by atoms with Crippen LogP contribution < -0.4 is 10.5 Å². The van der Waals surface area contributed by atoms with Gasteiger partial charge in [0.25, 0.3) is 0 Å². The standard InChI is InChI=1S/C13H19NO2S/c1-3-17(15)12-7-4-9-8-10(16-2)5-6-11(9)13(12)14/h5-6,8,12-13H,3-4,7,14H2,1-2H3. The third-order valence-corrected chi connectivity index (χ3v) is 5.20. The van der Waals surface area contributed by atoms with Crippen molar-refractivity contribution in [3.63, 3.8) is 0 Å². The summed E-state index contributed by atoms with van der Waals surface area (Å²) in [6.45, 7) is 1.95. The van der Waals surface area contributed by atoms with E-state index in [1.807, 2.05) is 25.1 Å². The molecule has 1 aromatic carbocycles. The molecule has 3 nitrogen and oxygen atoms in total. The van der Waals surface area contributed by atoms with Crippen molar-refractivity contribution in [1.29, 1.82) is 0 Å². The molecular weight excluding hydrogens is 234 g/mol. The van der Waals surface area contributed by atoms with Crippen molar-refractivity contribution < 1.29 is 8.95 Å². The summed E-state index contributed by atoms with van der Waals surface area (Å²) in [7, 11) is 0.852. The molecule has 1 aliphatic carbocycles. The van der Waals surface area contributed by atoms with Crippen molar-refractivity contribution >= 4 is 10.8 Å². The molecule has 0 bridgehead atoms. The number of fused-ring (bicyclic) bond motifs is 1. The molecule has 0 radical (unpaired) electrons. The van der Waals surface area contributed by atoms with E-state index in [1.54, 1.807) is 7.11 Å². The number of aryl methyl sites for hydroxylation is 1. The fraction of sp³-hybridized carbons (Fsp3) is 0.538. The molecule has 4 heteroatoms. The Morgan fingerprint density at radius 2 is 2.29 bits per heavy atom. The number of ether oxygens (including phenoxy) is 1. The van der Waals surface area contributed by atoms with Crippen molar-refractivity contribution in [2.24, 2.45) is 5.73 Å². The van der Waals surface area contributed by atoms with Gasteiger partial charge in [-0.3, -0.25) is 4.21 Å². The normalized spacial score (nSPS) is 25.1. The second-order valence-electron chi connectivity index (χ2n) is 4.34. The zero-order valence-electron chi connectivity index (χ0n) is 10.3. The lowest BCUT2D eigenvalue weighted by Gasteiger charge is -2.30. The van der Waals surface area contributed by atoms with E-state index in [0.29, 0.717) is 5.75 Å². The molecule has 17 heavy (non-hydrogen) atoms. The van der Waals surface area contributed by atoms with Crippen molar-refractivity contribution in [2.75, 3.05) is 12.9 Å². The zero-order valence-corrected chi connectivity index (χ0v) is 11.1. The highest BCUT2D eigenvalue weighted by Gasteiger charge is 2.30. The van der Waals surface area contributed by atoms with Gasteiger partial charge < -0.3 is 10.5 Å². The van der Waals surface area contributed by atoms with E-state index < -0.39 is 10.8 Å². The Kier molecular flexibility index (Phi) is 3.84. The van der Waals surface area contributed by atoms with Crippen LogP contribution in [0.5, 0.6) is 5.75 Å². The molecule has 0 amide bonds. The van der Waals surface area contributed by atoms with E-state index in [1.165, 1.54) is 5.56 Å². The summed E-state index contributed by atoms with van der Waals surface area (Å²) in [5.74, 6) is 1.55. The largest absolute Gasteiger partial charge is 0.497 e. The fourth-order valence-electron chi connectivity index (χ4n) is 2.44. The quantitative estimate of drug-likeness (QED) is 0.893. The molecule has 3 unspecified atom stereocenters. The first kappa shape index (κ1) is 12.6. The molecular formula is C13H19NO2S. The SMILES string of the molecule is CCS(=O)C1CCc2cc(OC)ccc2C1N. The van der Waals surface area contributed by atoms with E-state index in [9.17, 15) is 4.21 Å². The summed E-state index contributed by atoms with van der Waals surface area (Å²) in [4.78, 5) is 0. The molecule has 0 heterocycles. The summed E-state index contributed by atoms with van der Waals surface area (Å²) in [5.41, 5.74) is 8.59. The maximum Gasteiger partial charge on any atom is 0.119 e. The van der Waals surface area contributed by atoms with Gasteiger partial charge in [0.2, 0.25) is 0 Å². The first-order valence-electron chi connectivity index (χ1n) is 5.97. The molecule has 3 atom stereocenters. The summed E-state index contributed by atoms with van der Waals surface area (Å²) >= 11 is 0. The van der Waals surface area contributed by atoms with E-state index in [0.717, 1.165) is 24.2 Å². The van der Waals surface area contributed by atoms with Crippen LogP contribution in [0.3, 0.4) is 0 Å². The van der Waals surface area contributed by atoms with Gasteiger partial charge in [-0.2, -0.15) is 0 Å². The lowest BCUT2D eigenvalue weighted by molar-refractivity contribution is 0.413. The molecule has 1 aliphatic rings. The van der Waals surface area contributed by atoms with Gasteiger partial charge in [-0.05, 0) is 36.1 Å². The monoisotopic (exact) mass is 253 g/mol. The molecule has 0 aliphatic heterocycles. The number of hydrogen-bond donors (Lipinski definition) is 1. The molecule has 0 saturated carbocycles. The minimum atomic E-state index is -0.814. The summed E-state index contributed by atoms with van der Waals surface area (Å²) in [6.07, 6.45) is 1.85. The van der Waals surface area contributed by atoms with Gasteiger partial charge in [0.1, 0.15) is 5.75 Å². The van der Waals surface area contributed by atoms with Crippen LogP contribution in [0.2, 0.25) is 0 Å². The van der Waals surface area contributed by atoms with E-state index in [2.05, 4.69) is 0 Å². The van der Waals surface area contributed by atoms with Gasteiger partial charge in [0, 0.05) is 22.6 Å². The average molecular weight is 253 g/mol. The van der Waals surface area contributed by atoms with Crippen molar-refractivity contribution in [3.8, 4) is 5.75 Å². The van der Waals surface area contributed by atoms with Gasteiger partial charge in [-0.1, -0.05) is 13.0 Å². The van der Waals surface area contributed by atoms with Gasteiger partial charge in [0.15, 0.2) is 0 Å². The predicted molar refractivity (Wildman–Crippen MR) is 70.7 cm³/mol. The molecule has 94 valence electrons. The highest BCUT2D eigenvalue weighted by Crippen LogP contribution is 2.33. The minimum Gasteiger partial charge on any atom is -0.497 e. The summed E-state index contributed by atoms with van der Waals surface area (Å²) in [5, 5.41) is 0.0981. The number of hydrogen-bond acceptors (Lipinski definition) is 3. The lowest BCUT2D eigenvalue weighted by Crippen LogP contribution is -2.35. The topological polar surface area (TPSA) is 52.3 Å². The van der Waals surface area contributed by atoms with Crippen LogP contribution in [-0.2, 0) is 17.2 Å². The smallest absolute Gasteiger partial charge is 0.119 e. The molecule has 2 rings (SSSR count). The number of methoxy groups -OCH3 is 1. The lowest BCUT2D eigenvalue weighted by atomic mass is 9.87. The molecule has 0 fully saturated rings. The van der Waals surface area contributed by atoms with Crippen molar-refractivity contribution in [3.05, 3.63) is 29.3 Å². The van der Waals surface area contributed by atoms with Crippen LogP contribution >= 0.6 is 0 Å². The van der Waals surface area contributed by atoms with Crippen molar-refractivity contribution in [1.82, 2.24) is 0 Å². The number of nitrogens with two attached hydrogens (primary N) is 1. The third kappa shape index (κ3) is 2.38. The van der Waals surface area contributed by atoms with E-state index in [4.69, 9.17) is 10.5 Å². The summed E-state index contributed by atoms with van der Waals surface area (Å²) < 4.78 is 17.1. The fourth-order valence-corrected chi connectivity index (χ4v) is 3.72. The van der Waals surface area contributed by atoms with Crippen molar-refractivity contribution in [2.45, 2.75) is 31.1 Å². The Hall–Kier alpha value is -0.870. The molecule has 0 saturated heterocycles. The maximum absolute atomic E-state index is 11.9. The molecule has 2 N–H and O–H groups in total. The van der Waals surface area contributed by atoms with E-state index >= 15 is 0 Å². The van der Waals surface area contributed by atoms with E-state index in [-0.39, 0.29) is 11.3 Å². The Bertz CT molecular complexity index is 433. The van der Waals surface area contributed by atoms with Gasteiger partial charge in [-0.25, -0.2) is 0 Å². The highest BCUT2D eigenvalue weighted by molar-refractivity contribution is 7.85. The average Bonchev–Trinajstić information content (AvgIpc) is 2.38. The number of benzene rings is 1. The van der Waals surface area contributed by atoms with Crippen LogP contribution in [0.25, 0.3) is 0 Å². The van der Waals surface area contributed by atoms with Gasteiger partial charge in [0.05, 0.1) is 12.4 Å². The van der Waals surface area contributed by atoms with Crippen LogP contribution in [0.1, 0.15) is 30.5 Å². The van der Waals surface area contributed by atoms with Crippen LogP contribution in [0.15, 0.2) is 18.2 Å². The van der Waals surface area contributed by atoms with Gasteiger partial charge in [-0.15, -0.1) is 0 Å². The predicted octanol–water partition coefficient (Wildman–Crippen LogP) is 1.78. The first-order valence-corrected chi connectivity index (χ1v) is 7.35. The summed E-state index contributed by atoms with van der Waals surface area (Å²) in [6, 6.07) is 5.87. The molecule has 0 aromatic heterocycles. The Balaban J connectivity index is 2.30. The second-order valence-corrected chi connectivity index (χ2v) is 6.28. The molecule has 0 spiro atoms. The minimum absolute atomic E-state index is 0.0981. The maximum atomic E-state index is 11.9. The Morgan fingerprint density at radius 3 is 2.94 bits per heavy atom. The second kappa shape index (κ2) is 5.19. The Morgan fingerprint density at radius 1 is 1.53 bits per heavy atom. The Labute approximate surface area is 105 Å². The van der Waals surface area contributed by atoms with Crippen LogP contribution in [-0.4, -0.2) is 22.3 Å². The molecule has 1 aromatic rings. The van der Waals surface area contributed by atoms with Crippen LogP contribution in [0.4, 0.5) is 0 Å². The first-order chi connectivity index (χ1) is 8.17. The highest BCUT2D eigenvalue weighted by atomic mass is 32.2.